The average molecular weight is 388 g/mol. The number of benzene rings is 2. The first-order valence-electron chi connectivity index (χ1n) is 8.98. The van der Waals surface area contributed by atoms with Gasteiger partial charge in [-0.1, -0.05) is 18.2 Å². The number of nitrogens with zero attached hydrogens (tertiary/aromatic N) is 1. The van der Waals surface area contributed by atoms with E-state index in [2.05, 4.69) is 4.72 Å². The van der Waals surface area contributed by atoms with Crippen LogP contribution in [0.2, 0.25) is 0 Å². The van der Waals surface area contributed by atoms with Crippen LogP contribution in [-0.2, 0) is 14.8 Å². The predicted molar refractivity (Wildman–Crippen MR) is 104 cm³/mol. The van der Waals surface area contributed by atoms with E-state index in [1.54, 1.807) is 24.0 Å². The minimum atomic E-state index is -3.66. The van der Waals surface area contributed by atoms with Crippen molar-refractivity contribution in [3.8, 4) is 5.75 Å². The summed E-state index contributed by atoms with van der Waals surface area (Å²) in [6.07, 6.45) is 1.37. The number of anilines is 1. The van der Waals surface area contributed by atoms with E-state index in [0.717, 1.165) is 23.4 Å². The minimum Gasteiger partial charge on any atom is -0.492 e. The van der Waals surface area contributed by atoms with Crippen molar-refractivity contribution in [3.05, 3.63) is 54.1 Å². The number of ether oxygens (including phenoxy) is 1. The molecule has 2 aromatic rings. The van der Waals surface area contributed by atoms with Crippen molar-refractivity contribution in [2.75, 3.05) is 18.1 Å². The molecule has 3 rings (SSSR count). The number of carbonyl (C=O) groups is 1. The Balaban J connectivity index is 1.62. The van der Waals surface area contributed by atoms with E-state index in [0.29, 0.717) is 13.0 Å². The molecule has 7 heteroatoms. The van der Waals surface area contributed by atoms with Gasteiger partial charge < -0.3 is 9.64 Å². The number of para-hydroxylation sites is 1. The third-order valence-corrected chi connectivity index (χ3v) is 6.08. The van der Waals surface area contributed by atoms with Gasteiger partial charge in [-0.15, -0.1) is 0 Å². The van der Waals surface area contributed by atoms with Crippen LogP contribution >= 0.6 is 0 Å². The first-order valence-corrected chi connectivity index (χ1v) is 10.5. The Labute approximate surface area is 160 Å². The second-order valence-electron chi connectivity index (χ2n) is 6.74. The lowest BCUT2D eigenvalue weighted by molar-refractivity contribution is -0.117. The number of sulfonamides is 1. The molecule has 1 heterocycles. The molecule has 0 aromatic heterocycles. The average Bonchev–Trinajstić information content (AvgIpc) is 3.07. The molecule has 1 fully saturated rings. The minimum absolute atomic E-state index is 0.0747. The molecule has 27 heavy (non-hydrogen) atoms. The maximum atomic E-state index is 12.6. The molecule has 0 bridgehead atoms. The number of aryl methyl sites for hydroxylation is 1. The van der Waals surface area contributed by atoms with Crippen molar-refractivity contribution >= 4 is 21.6 Å². The zero-order valence-electron chi connectivity index (χ0n) is 15.5. The van der Waals surface area contributed by atoms with Crippen LogP contribution in [0.25, 0.3) is 0 Å². The molecule has 1 amide bonds. The summed E-state index contributed by atoms with van der Waals surface area (Å²) < 4.78 is 33.5. The highest BCUT2D eigenvalue weighted by Gasteiger charge is 2.23. The van der Waals surface area contributed by atoms with Crippen LogP contribution in [0, 0.1) is 6.92 Å². The van der Waals surface area contributed by atoms with E-state index < -0.39 is 16.1 Å². The van der Waals surface area contributed by atoms with Crippen molar-refractivity contribution in [2.45, 2.75) is 37.6 Å². The monoisotopic (exact) mass is 388 g/mol. The summed E-state index contributed by atoms with van der Waals surface area (Å²) in [5, 5.41) is 0. The first kappa shape index (κ1) is 19.4. The van der Waals surface area contributed by atoms with E-state index in [9.17, 15) is 13.2 Å². The molecule has 2 aromatic carbocycles. The summed E-state index contributed by atoms with van der Waals surface area (Å²) in [6.45, 7) is 4.60. The van der Waals surface area contributed by atoms with Gasteiger partial charge in [0, 0.05) is 18.7 Å². The zero-order chi connectivity index (χ0) is 19.4. The van der Waals surface area contributed by atoms with Gasteiger partial charge in [0.25, 0.3) is 0 Å². The van der Waals surface area contributed by atoms with Gasteiger partial charge >= 0.3 is 0 Å². The van der Waals surface area contributed by atoms with Crippen molar-refractivity contribution in [1.82, 2.24) is 4.72 Å². The maximum Gasteiger partial charge on any atom is 0.240 e. The van der Waals surface area contributed by atoms with Crippen molar-refractivity contribution < 1.29 is 17.9 Å². The fraction of sp³-hybridized carbons (Fsp3) is 0.350. The molecule has 0 aliphatic carbocycles. The lowest BCUT2D eigenvalue weighted by Crippen LogP contribution is -2.36. The summed E-state index contributed by atoms with van der Waals surface area (Å²) in [5.41, 5.74) is 1.73. The Morgan fingerprint density at radius 1 is 1.15 bits per heavy atom. The highest BCUT2D eigenvalue weighted by Crippen LogP contribution is 2.23. The third kappa shape index (κ3) is 4.67. The van der Waals surface area contributed by atoms with Gasteiger partial charge in [0.1, 0.15) is 12.4 Å². The van der Waals surface area contributed by atoms with Crippen molar-refractivity contribution in [1.29, 1.82) is 0 Å². The molecule has 1 aliphatic rings. The Kier molecular flexibility index (Phi) is 5.82. The molecule has 0 unspecified atom stereocenters. The molecule has 0 spiro atoms. The van der Waals surface area contributed by atoms with Gasteiger partial charge in [0.15, 0.2) is 0 Å². The highest BCUT2D eigenvalue weighted by atomic mass is 32.2. The van der Waals surface area contributed by atoms with Crippen LogP contribution < -0.4 is 14.4 Å². The molecule has 0 radical (unpaired) electrons. The van der Waals surface area contributed by atoms with E-state index in [1.807, 2.05) is 31.2 Å². The van der Waals surface area contributed by atoms with Crippen LogP contribution in [0.3, 0.4) is 0 Å². The highest BCUT2D eigenvalue weighted by molar-refractivity contribution is 7.89. The molecule has 6 nitrogen and oxygen atoms in total. The molecule has 1 N–H and O–H groups in total. The fourth-order valence-corrected chi connectivity index (χ4v) is 4.25. The molecule has 1 aliphatic heterocycles. The molecule has 1 atom stereocenters. The van der Waals surface area contributed by atoms with Gasteiger partial charge in [-0.05, 0) is 56.2 Å². The fourth-order valence-electron chi connectivity index (χ4n) is 3.03. The van der Waals surface area contributed by atoms with Crippen LogP contribution in [0.4, 0.5) is 5.69 Å². The van der Waals surface area contributed by atoms with Gasteiger partial charge in [-0.25, -0.2) is 13.1 Å². The smallest absolute Gasteiger partial charge is 0.240 e. The summed E-state index contributed by atoms with van der Waals surface area (Å²) in [5.74, 6) is 0.814. The quantitative estimate of drug-likeness (QED) is 0.791. The summed E-state index contributed by atoms with van der Waals surface area (Å²) in [6, 6.07) is 13.6. The molecular weight excluding hydrogens is 364 g/mol. The van der Waals surface area contributed by atoms with E-state index in [1.165, 1.54) is 12.1 Å². The number of nitrogens with one attached hydrogen (secondary N) is 1. The largest absolute Gasteiger partial charge is 0.492 e. The number of amides is 1. The summed E-state index contributed by atoms with van der Waals surface area (Å²) in [7, 11) is -3.66. The van der Waals surface area contributed by atoms with Crippen LogP contribution in [-0.4, -0.2) is 33.5 Å². The topological polar surface area (TPSA) is 75.7 Å². The standard InChI is InChI=1S/C20H24N2O4S/c1-15-6-3-4-7-19(15)26-14-16(2)21-27(24,25)18-11-9-17(10-12-18)22-13-5-8-20(22)23/h3-4,6-7,9-12,16,21H,5,8,13-14H2,1-2H3/t16-/m1/s1. The Bertz CT molecular complexity index is 910. The number of hydrogen-bond donors (Lipinski definition) is 1. The number of hydrogen-bond acceptors (Lipinski definition) is 4. The third-order valence-electron chi connectivity index (χ3n) is 4.47. The number of carbonyl (C=O) groups excluding carboxylic acids is 1. The molecule has 144 valence electrons. The van der Waals surface area contributed by atoms with Gasteiger partial charge in [-0.3, -0.25) is 4.79 Å². The second-order valence-corrected chi connectivity index (χ2v) is 8.46. The van der Waals surface area contributed by atoms with Crippen LogP contribution in [0.5, 0.6) is 5.75 Å². The van der Waals surface area contributed by atoms with E-state index in [4.69, 9.17) is 4.74 Å². The second kappa shape index (κ2) is 8.10. The van der Waals surface area contributed by atoms with Gasteiger partial charge in [0.2, 0.25) is 15.9 Å². The molecule has 0 saturated carbocycles. The van der Waals surface area contributed by atoms with Crippen molar-refractivity contribution in [2.24, 2.45) is 0 Å². The lowest BCUT2D eigenvalue weighted by Gasteiger charge is -2.18. The number of rotatable bonds is 7. The Morgan fingerprint density at radius 2 is 1.85 bits per heavy atom. The lowest BCUT2D eigenvalue weighted by atomic mass is 10.2. The van der Waals surface area contributed by atoms with E-state index in [-0.39, 0.29) is 17.4 Å². The summed E-state index contributed by atoms with van der Waals surface area (Å²) >= 11 is 0. The maximum absolute atomic E-state index is 12.6. The van der Waals surface area contributed by atoms with Crippen molar-refractivity contribution in [3.63, 3.8) is 0 Å². The normalized spacial score (nSPS) is 15.8. The van der Waals surface area contributed by atoms with Crippen LogP contribution in [0.15, 0.2) is 53.4 Å². The Hall–Kier alpha value is -2.38. The first-order chi connectivity index (χ1) is 12.9. The SMILES string of the molecule is Cc1ccccc1OC[C@@H](C)NS(=O)(=O)c1ccc(N2CCCC2=O)cc1. The van der Waals surface area contributed by atoms with Gasteiger partial charge in [0.05, 0.1) is 10.9 Å². The zero-order valence-corrected chi connectivity index (χ0v) is 16.3. The Morgan fingerprint density at radius 3 is 2.48 bits per heavy atom. The summed E-state index contributed by atoms with van der Waals surface area (Å²) in [4.78, 5) is 13.6. The van der Waals surface area contributed by atoms with E-state index >= 15 is 0 Å². The molecule has 1 saturated heterocycles. The van der Waals surface area contributed by atoms with Crippen LogP contribution in [0.1, 0.15) is 25.3 Å². The predicted octanol–water partition coefficient (Wildman–Crippen LogP) is 2.87. The molecular formula is C20H24N2O4S. The van der Waals surface area contributed by atoms with Gasteiger partial charge in [-0.2, -0.15) is 0 Å².